The minimum atomic E-state index is 0.0531. The highest BCUT2D eigenvalue weighted by atomic mass is 16.5. The molecule has 3 nitrogen and oxygen atoms in total. The van der Waals surface area contributed by atoms with Crippen molar-refractivity contribution < 1.29 is 9.53 Å². The zero-order valence-corrected chi connectivity index (χ0v) is 10.2. The number of hydrogen-bond donors (Lipinski definition) is 1. The summed E-state index contributed by atoms with van der Waals surface area (Å²) >= 11 is 0. The molecule has 0 atom stereocenters. The number of ketones is 1. The second-order valence-electron chi connectivity index (χ2n) is 4.11. The van der Waals surface area contributed by atoms with Gasteiger partial charge < -0.3 is 10.5 Å². The van der Waals surface area contributed by atoms with Gasteiger partial charge in [0.15, 0.2) is 5.78 Å². The minimum absolute atomic E-state index is 0.0531. The van der Waals surface area contributed by atoms with E-state index >= 15 is 0 Å². The number of nitrogens with two attached hydrogens (primary N) is 1. The summed E-state index contributed by atoms with van der Waals surface area (Å²) in [5, 5.41) is 0. The molecule has 0 saturated carbocycles. The van der Waals surface area contributed by atoms with Crippen molar-refractivity contribution in [2.45, 2.75) is 13.5 Å². The number of carbonyl (C=O) groups excluding carboxylic acids is 1. The predicted octanol–water partition coefficient (Wildman–Crippen LogP) is 3.05. The first-order chi connectivity index (χ1) is 8.65. The van der Waals surface area contributed by atoms with Gasteiger partial charge in [-0.15, -0.1) is 0 Å². The highest BCUT2D eigenvalue weighted by Gasteiger charge is 2.00. The zero-order chi connectivity index (χ0) is 13.0. The average Bonchev–Trinajstić information content (AvgIpc) is 2.37. The van der Waals surface area contributed by atoms with Gasteiger partial charge in [-0.05, 0) is 48.9 Å². The maximum Gasteiger partial charge on any atom is 0.159 e. The highest BCUT2D eigenvalue weighted by molar-refractivity contribution is 5.94. The van der Waals surface area contributed by atoms with Crippen LogP contribution in [0.1, 0.15) is 22.8 Å². The van der Waals surface area contributed by atoms with Crippen LogP contribution in [-0.4, -0.2) is 5.78 Å². The van der Waals surface area contributed by atoms with Gasteiger partial charge in [-0.1, -0.05) is 12.1 Å². The fourth-order valence-corrected chi connectivity index (χ4v) is 1.64. The molecule has 0 aliphatic heterocycles. The molecular weight excluding hydrogens is 226 g/mol. The van der Waals surface area contributed by atoms with Gasteiger partial charge in [0.1, 0.15) is 12.4 Å². The normalized spacial score (nSPS) is 10.1. The van der Waals surface area contributed by atoms with Crippen LogP contribution in [-0.2, 0) is 6.61 Å². The van der Waals surface area contributed by atoms with E-state index in [-0.39, 0.29) is 5.78 Å². The number of hydrogen-bond acceptors (Lipinski definition) is 3. The van der Waals surface area contributed by atoms with Crippen molar-refractivity contribution in [1.82, 2.24) is 0 Å². The lowest BCUT2D eigenvalue weighted by atomic mass is 10.1. The van der Waals surface area contributed by atoms with Gasteiger partial charge in [-0.2, -0.15) is 0 Å². The molecule has 0 heterocycles. The maximum absolute atomic E-state index is 11.1. The Bertz CT molecular complexity index is 547. The fourth-order valence-electron chi connectivity index (χ4n) is 1.64. The Morgan fingerprint density at radius 3 is 2.50 bits per heavy atom. The number of rotatable bonds is 4. The first-order valence-electron chi connectivity index (χ1n) is 5.73. The summed E-state index contributed by atoms with van der Waals surface area (Å²) in [7, 11) is 0. The van der Waals surface area contributed by atoms with Crippen LogP contribution >= 0.6 is 0 Å². The third-order valence-electron chi connectivity index (χ3n) is 2.62. The van der Waals surface area contributed by atoms with Gasteiger partial charge in [-0.3, -0.25) is 4.79 Å². The summed E-state index contributed by atoms with van der Waals surface area (Å²) in [6.45, 7) is 2.01. The van der Waals surface area contributed by atoms with Crippen molar-refractivity contribution in [2.24, 2.45) is 0 Å². The Hall–Kier alpha value is -2.29. The van der Waals surface area contributed by atoms with Gasteiger partial charge in [0, 0.05) is 11.3 Å². The number of Topliss-reactive ketones (excluding diaryl/α,β-unsaturated/α-hetero) is 1. The Labute approximate surface area is 106 Å². The summed E-state index contributed by atoms with van der Waals surface area (Å²) < 4.78 is 5.61. The molecule has 92 valence electrons. The Morgan fingerprint density at radius 2 is 1.89 bits per heavy atom. The van der Waals surface area contributed by atoms with E-state index in [0.29, 0.717) is 12.2 Å². The molecule has 0 unspecified atom stereocenters. The maximum atomic E-state index is 11.1. The van der Waals surface area contributed by atoms with E-state index in [9.17, 15) is 4.79 Å². The molecule has 2 aromatic carbocycles. The summed E-state index contributed by atoms with van der Waals surface area (Å²) in [6, 6.07) is 14.7. The first-order valence-corrected chi connectivity index (χ1v) is 5.73. The Balaban J connectivity index is 2.00. The van der Waals surface area contributed by atoms with E-state index in [1.54, 1.807) is 31.2 Å². The molecule has 2 rings (SSSR count). The summed E-state index contributed by atoms with van der Waals surface area (Å²) in [4.78, 5) is 11.1. The van der Waals surface area contributed by atoms with E-state index < -0.39 is 0 Å². The van der Waals surface area contributed by atoms with Crippen LogP contribution in [0.3, 0.4) is 0 Å². The number of carbonyl (C=O) groups is 1. The zero-order valence-electron chi connectivity index (χ0n) is 10.2. The molecule has 18 heavy (non-hydrogen) atoms. The van der Waals surface area contributed by atoms with Gasteiger partial charge in [0.25, 0.3) is 0 Å². The molecule has 0 fully saturated rings. The molecule has 2 N–H and O–H groups in total. The first kappa shape index (κ1) is 12.2. The average molecular weight is 241 g/mol. The lowest BCUT2D eigenvalue weighted by Crippen LogP contribution is -1.97. The van der Waals surface area contributed by atoms with E-state index in [2.05, 4.69) is 0 Å². The van der Waals surface area contributed by atoms with Crippen LogP contribution in [0.15, 0.2) is 48.5 Å². The monoisotopic (exact) mass is 241 g/mol. The topological polar surface area (TPSA) is 52.3 Å². The number of ether oxygens (including phenoxy) is 1. The fraction of sp³-hybridized carbons (Fsp3) is 0.133. The van der Waals surface area contributed by atoms with E-state index in [4.69, 9.17) is 10.5 Å². The molecule has 0 aliphatic carbocycles. The molecule has 0 saturated heterocycles. The van der Waals surface area contributed by atoms with Gasteiger partial charge in [0.2, 0.25) is 0 Å². The van der Waals surface area contributed by atoms with Crippen LogP contribution in [0, 0.1) is 0 Å². The van der Waals surface area contributed by atoms with E-state index in [1.807, 2.05) is 24.3 Å². The summed E-state index contributed by atoms with van der Waals surface area (Å²) in [5.74, 6) is 0.791. The Kier molecular flexibility index (Phi) is 3.63. The van der Waals surface area contributed by atoms with Crippen molar-refractivity contribution in [1.29, 1.82) is 0 Å². The van der Waals surface area contributed by atoms with Crippen LogP contribution in [0.5, 0.6) is 5.75 Å². The van der Waals surface area contributed by atoms with Crippen LogP contribution < -0.4 is 10.5 Å². The Morgan fingerprint density at radius 1 is 1.17 bits per heavy atom. The van der Waals surface area contributed by atoms with Gasteiger partial charge in [0.05, 0.1) is 0 Å². The van der Waals surface area contributed by atoms with Crippen LogP contribution in [0.25, 0.3) is 0 Å². The van der Waals surface area contributed by atoms with Gasteiger partial charge >= 0.3 is 0 Å². The third-order valence-corrected chi connectivity index (χ3v) is 2.62. The second kappa shape index (κ2) is 5.36. The smallest absolute Gasteiger partial charge is 0.159 e. The number of benzene rings is 2. The molecular formula is C15H15NO2. The highest BCUT2D eigenvalue weighted by Crippen LogP contribution is 2.15. The quantitative estimate of drug-likeness (QED) is 0.661. The van der Waals surface area contributed by atoms with Gasteiger partial charge in [-0.25, -0.2) is 0 Å². The molecule has 0 amide bonds. The minimum Gasteiger partial charge on any atom is -0.489 e. The number of anilines is 1. The van der Waals surface area contributed by atoms with Crippen LogP contribution in [0.4, 0.5) is 5.69 Å². The molecule has 0 spiro atoms. The molecule has 3 heteroatoms. The second-order valence-corrected chi connectivity index (χ2v) is 4.11. The summed E-state index contributed by atoms with van der Waals surface area (Å²) in [6.07, 6.45) is 0. The van der Waals surface area contributed by atoms with Crippen molar-refractivity contribution in [2.75, 3.05) is 5.73 Å². The molecule has 0 aliphatic rings. The predicted molar refractivity (Wildman–Crippen MR) is 71.6 cm³/mol. The van der Waals surface area contributed by atoms with E-state index in [0.717, 1.165) is 17.0 Å². The molecule has 2 aromatic rings. The van der Waals surface area contributed by atoms with Crippen molar-refractivity contribution in [3.05, 3.63) is 59.7 Å². The number of nitrogen functional groups attached to an aromatic ring is 1. The lowest BCUT2D eigenvalue weighted by molar-refractivity contribution is 0.101. The molecule has 0 bridgehead atoms. The largest absolute Gasteiger partial charge is 0.489 e. The third kappa shape index (κ3) is 3.10. The standard InChI is InChI=1S/C15H15NO2/c1-11(17)13-5-7-15(8-6-13)18-10-12-3-2-4-14(16)9-12/h2-9H,10,16H2,1H3. The van der Waals surface area contributed by atoms with Crippen molar-refractivity contribution in [3.8, 4) is 5.75 Å². The summed E-state index contributed by atoms with van der Waals surface area (Å²) in [5.41, 5.74) is 8.12. The van der Waals surface area contributed by atoms with E-state index in [1.165, 1.54) is 0 Å². The molecule has 0 aromatic heterocycles. The molecule has 0 radical (unpaired) electrons. The van der Waals surface area contributed by atoms with Crippen molar-refractivity contribution in [3.63, 3.8) is 0 Å². The van der Waals surface area contributed by atoms with Crippen molar-refractivity contribution >= 4 is 11.5 Å². The SMILES string of the molecule is CC(=O)c1ccc(OCc2cccc(N)c2)cc1. The van der Waals surface area contributed by atoms with Crippen LogP contribution in [0.2, 0.25) is 0 Å². The lowest BCUT2D eigenvalue weighted by Gasteiger charge is -2.07.